The minimum Gasteiger partial charge on any atom is -0.478 e. The molecular formula is C20H17N7O3. The van der Waals surface area contributed by atoms with Gasteiger partial charge in [-0.3, -0.25) is 4.79 Å². The summed E-state index contributed by atoms with van der Waals surface area (Å²) in [6, 6.07) is 9.28. The van der Waals surface area contributed by atoms with E-state index in [9.17, 15) is 4.79 Å². The zero-order chi connectivity index (χ0) is 21.1. The van der Waals surface area contributed by atoms with Gasteiger partial charge in [0.2, 0.25) is 0 Å². The maximum Gasteiger partial charge on any atom is 0.262 e. The standard InChI is InChI=1S/C20H17N7O3/c1-11-16(17(27-30-11)12-6-4-3-5-7-12)19(28)26-18-20(29-2)25-14(9-24-18)13-8-23-15(21)10-22-13/h3-10H,1-2H3,(H2,21,23)(H,24,26,28). The zero-order valence-electron chi connectivity index (χ0n) is 16.2. The maximum absolute atomic E-state index is 13.0. The molecule has 0 saturated carbocycles. The number of ether oxygens (including phenoxy) is 1. The van der Waals surface area contributed by atoms with E-state index >= 15 is 0 Å². The van der Waals surface area contributed by atoms with Gasteiger partial charge in [-0.15, -0.1) is 0 Å². The highest BCUT2D eigenvalue weighted by Crippen LogP contribution is 2.28. The van der Waals surface area contributed by atoms with Crippen molar-refractivity contribution in [3.63, 3.8) is 0 Å². The fourth-order valence-corrected chi connectivity index (χ4v) is 2.80. The Balaban J connectivity index is 1.64. The molecule has 3 aromatic heterocycles. The molecule has 0 saturated heterocycles. The molecule has 0 fully saturated rings. The van der Waals surface area contributed by atoms with E-state index in [1.165, 1.54) is 25.7 Å². The van der Waals surface area contributed by atoms with E-state index in [4.69, 9.17) is 15.0 Å². The number of benzene rings is 1. The second-order valence-corrected chi connectivity index (χ2v) is 6.22. The Bertz CT molecular complexity index is 1190. The van der Waals surface area contributed by atoms with Crippen LogP contribution in [-0.4, -0.2) is 38.1 Å². The quantitative estimate of drug-likeness (QED) is 0.514. The summed E-state index contributed by atoms with van der Waals surface area (Å²) in [7, 11) is 1.43. The fraction of sp³-hybridized carbons (Fsp3) is 0.100. The number of nitrogens with two attached hydrogens (primary N) is 1. The third kappa shape index (κ3) is 3.65. The lowest BCUT2D eigenvalue weighted by molar-refractivity contribution is 0.102. The highest BCUT2D eigenvalue weighted by Gasteiger charge is 2.23. The first-order valence-corrected chi connectivity index (χ1v) is 8.88. The van der Waals surface area contributed by atoms with E-state index in [0.29, 0.717) is 34.2 Å². The van der Waals surface area contributed by atoms with E-state index in [1.807, 2.05) is 30.3 Å². The Morgan fingerprint density at radius 3 is 2.53 bits per heavy atom. The Labute approximate surface area is 171 Å². The topological polar surface area (TPSA) is 142 Å². The van der Waals surface area contributed by atoms with Crippen molar-refractivity contribution in [2.75, 3.05) is 18.2 Å². The zero-order valence-corrected chi connectivity index (χ0v) is 16.2. The molecule has 4 aromatic rings. The van der Waals surface area contributed by atoms with Crippen molar-refractivity contribution in [3.05, 3.63) is 60.2 Å². The molecule has 30 heavy (non-hydrogen) atoms. The van der Waals surface area contributed by atoms with Gasteiger partial charge in [-0.2, -0.15) is 0 Å². The molecule has 3 N–H and O–H groups in total. The monoisotopic (exact) mass is 403 g/mol. The molecule has 150 valence electrons. The molecule has 1 amide bonds. The first-order valence-electron chi connectivity index (χ1n) is 8.88. The maximum atomic E-state index is 13.0. The highest BCUT2D eigenvalue weighted by molar-refractivity contribution is 6.08. The molecule has 0 atom stereocenters. The van der Waals surface area contributed by atoms with Crippen molar-refractivity contribution in [2.24, 2.45) is 0 Å². The number of carbonyl (C=O) groups is 1. The molecule has 0 bridgehead atoms. The smallest absolute Gasteiger partial charge is 0.262 e. The van der Waals surface area contributed by atoms with Gasteiger partial charge in [0.05, 0.1) is 25.7 Å². The molecule has 3 heterocycles. The van der Waals surface area contributed by atoms with Crippen molar-refractivity contribution < 1.29 is 14.1 Å². The third-order valence-corrected chi connectivity index (χ3v) is 4.24. The molecule has 4 rings (SSSR count). The number of hydrogen-bond acceptors (Lipinski definition) is 9. The summed E-state index contributed by atoms with van der Waals surface area (Å²) < 4.78 is 10.5. The Morgan fingerprint density at radius 1 is 1.07 bits per heavy atom. The SMILES string of the molecule is COc1nc(-c2cnc(N)cn2)cnc1NC(=O)c1c(-c2ccccc2)noc1C. The number of amides is 1. The summed E-state index contributed by atoms with van der Waals surface area (Å²) in [4.78, 5) is 29.7. The van der Waals surface area contributed by atoms with Crippen LogP contribution >= 0.6 is 0 Å². The van der Waals surface area contributed by atoms with Gasteiger partial charge < -0.3 is 20.3 Å². The number of nitrogen functional groups attached to an aromatic ring is 1. The number of rotatable bonds is 5. The lowest BCUT2D eigenvalue weighted by Gasteiger charge is -2.10. The van der Waals surface area contributed by atoms with Gasteiger partial charge in [0, 0.05) is 5.56 Å². The normalized spacial score (nSPS) is 10.6. The van der Waals surface area contributed by atoms with Gasteiger partial charge in [0.15, 0.2) is 5.82 Å². The van der Waals surface area contributed by atoms with Gasteiger partial charge >= 0.3 is 0 Å². The van der Waals surface area contributed by atoms with E-state index < -0.39 is 5.91 Å². The molecule has 0 spiro atoms. The van der Waals surface area contributed by atoms with Gasteiger partial charge in [0.1, 0.15) is 34.2 Å². The highest BCUT2D eigenvalue weighted by atomic mass is 16.5. The van der Waals surface area contributed by atoms with Crippen LogP contribution < -0.4 is 15.8 Å². The Hall–Kier alpha value is -4.34. The van der Waals surface area contributed by atoms with E-state index in [1.54, 1.807) is 6.92 Å². The van der Waals surface area contributed by atoms with Gasteiger partial charge in [0.25, 0.3) is 11.8 Å². The van der Waals surface area contributed by atoms with Crippen LogP contribution in [-0.2, 0) is 0 Å². The van der Waals surface area contributed by atoms with Crippen molar-refractivity contribution in [3.8, 4) is 28.5 Å². The molecule has 0 aliphatic carbocycles. The number of nitrogens with one attached hydrogen (secondary N) is 1. The van der Waals surface area contributed by atoms with Crippen LogP contribution in [0.2, 0.25) is 0 Å². The Morgan fingerprint density at radius 2 is 1.83 bits per heavy atom. The lowest BCUT2D eigenvalue weighted by Crippen LogP contribution is -2.16. The minimum atomic E-state index is -0.444. The summed E-state index contributed by atoms with van der Waals surface area (Å²) in [5.74, 6) is 0.497. The summed E-state index contributed by atoms with van der Waals surface area (Å²) in [5.41, 5.74) is 7.94. The third-order valence-electron chi connectivity index (χ3n) is 4.24. The molecule has 10 heteroatoms. The summed E-state index contributed by atoms with van der Waals surface area (Å²) in [6.45, 7) is 1.67. The average molecular weight is 403 g/mol. The van der Waals surface area contributed by atoms with Crippen LogP contribution in [0.5, 0.6) is 5.88 Å². The van der Waals surface area contributed by atoms with Gasteiger partial charge in [-0.25, -0.2) is 19.9 Å². The minimum absolute atomic E-state index is 0.120. The first-order chi connectivity index (χ1) is 14.6. The molecule has 10 nitrogen and oxygen atoms in total. The van der Waals surface area contributed by atoms with Crippen LogP contribution in [0.1, 0.15) is 16.1 Å². The van der Waals surface area contributed by atoms with Crippen molar-refractivity contribution in [1.29, 1.82) is 0 Å². The molecule has 0 aliphatic rings. The fourth-order valence-electron chi connectivity index (χ4n) is 2.80. The van der Waals surface area contributed by atoms with Crippen LogP contribution in [0.25, 0.3) is 22.6 Å². The van der Waals surface area contributed by atoms with Crippen LogP contribution in [0.15, 0.2) is 53.4 Å². The van der Waals surface area contributed by atoms with Crippen molar-refractivity contribution >= 4 is 17.5 Å². The van der Waals surface area contributed by atoms with Crippen LogP contribution in [0, 0.1) is 6.92 Å². The van der Waals surface area contributed by atoms with Crippen LogP contribution in [0.3, 0.4) is 0 Å². The van der Waals surface area contributed by atoms with E-state index in [-0.39, 0.29) is 11.7 Å². The average Bonchev–Trinajstić information content (AvgIpc) is 3.16. The first kappa shape index (κ1) is 19.0. The van der Waals surface area contributed by atoms with Crippen molar-refractivity contribution in [2.45, 2.75) is 6.92 Å². The number of carbonyl (C=O) groups excluding carboxylic acids is 1. The molecule has 0 aliphatic heterocycles. The lowest BCUT2D eigenvalue weighted by atomic mass is 10.1. The predicted molar refractivity (Wildman–Crippen MR) is 109 cm³/mol. The second-order valence-electron chi connectivity index (χ2n) is 6.22. The number of hydrogen-bond donors (Lipinski definition) is 2. The summed E-state index contributed by atoms with van der Waals surface area (Å²) in [6.07, 6.45) is 4.35. The number of methoxy groups -OCH3 is 1. The number of aryl methyl sites for hydroxylation is 1. The van der Waals surface area contributed by atoms with Gasteiger partial charge in [-0.05, 0) is 6.92 Å². The summed E-state index contributed by atoms with van der Waals surface area (Å²) in [5, 5.41) is 6.73. The number of aromatic nitrogens is 5. The number of nitrogens with zero attached hydrogens (tertiary/aromatic N) is 5. The summed E-state index contributed by atoms with van der Waals surface area (Å²) >= 11 is 0. The molecular weight excluding hydrogens is 386 g/mol. The Kier molecular flexibility index (Phi) is 5.04. The molecule has 0 unspecified atom stereocenters. The van der Waals surface area contributed by atoms with E-state index in [2.05, 4.69) is 30.4 Å². The molecule has 0 radical (unpaired) electrons. The van der Waals surface area contributed by atoms with Crippen molar-refractivity contribution in [1.82, 2.24) is 25.1 Å². The second kappa shape index (κ2) is 7.95. The largest absolute Gasteiger partial charge is 0.478 e. The van der Waals surface area contributed by atoms with Crippen LogP contribution in [0.4, 0.5) is 11.6 Å². The van der Waals surface area contributed by atoms with Gasteiger partial charge in [-0.1, -0.05) is 35.5 Å². The molecule has 1 aromatic carbocycles. The number of anilines is 2. The van der Waals surface area contributed by atoms with E-state index in [0.717, 1.165) is 5.56 Å². The predicted octanol–water partition coefficient (Wildman–Crippen LogP) is 2.74.